The summed E-state index contributed by atoms with van der Waals surface area (Å²) in [7, 11) is 0. The number of non-ortho nitro benzene ring substituents is 1. The Kier molecular flexibility index (Phi) is 4.19. The van der Waals surface area contributed by atoms with E-state index in [-0.39, 0.29) is 17.9 Å². The van der Waals surface area contributed by atoms with Crippen LogP contribution in [0, 0.1) is 21.7 Å². The Balaban J connectivity index is 1.73. The van der Waals surface area contributed by atoms with Gasteiger partial charge in [-0.25, -0.2) is 13.8 Å². The van der Waals surface area contributed by atoms with E-state index in [1.807, 2.05) is 0 Å². The van der Waals surface area contributed by atoms with Gasteiger partial charge in [-0.2, -0.15) is 0 Å². The van der Waals surface area contributed by atoms with Crippen molar-refractivity contribution in [2.75, 3.05) is 5.32 Å². The van der Waals surface area contributed by atoms with Gasteiger partial charge in [0.2, 0.25) is 0 Å². The van der Waals surface area contributed by atoms with Crippen LogP contribution in [-0.2, 0) is 6.54 Å². The minimum atomic E-state index is -0.736. The molecule has 3 rings (SSSR count). The Hall–Kier alpha value is -3.29. The number of nitrogens with one attached hydrogen (secondary N) is 1. The number of hydrogen-bond acceptors (Lipinski definition) is 4. The zero-order valence-electron chi connectivity index (χ0n) is 12.3. The Bertz CT molecular complexity index is 882. The number of benzene rings is 2. The van der Waals surface area contributed by atoms with Gasteiger partial charge in [0, 0.05) is 25.0 Å². The third-order valence-corrected chi connectivity index (χ3v) is 3.44. The van der Waals surface area contributed by atoms with Crippen LogP contribution in [0.4, 0.5) is 20.2 Å². The number of imidazole rings is 1. The van der Waals surface area contributed by atoms with Crippen molar-refractivity contribution < 1.29 is 13.7 Å². The first-order valence-electron chi connectivity index (χ1n) is 6.99. The average Bonchev–Trinajstić information content (AvgIpc) is 3.07. The summed E-state index contributed by atoms with van der Waals surface area (Å²) >= 11 is 0. The first-order valence-corrected chi connectivity index (χ1v) is 6.99. The summed E-state index contributed by atoms with van der Waals surface area (Å²) in [5.41, 5.74) is 0.750. The molecule has 1 heterocycles. The minimum absolute atomic E-state index is 0.111. The molecule has 1 N–H and O–H groups in total. The highest BCUT2D eigenvalue weighted by atomic mass is 19.1. The van der Waals surface area contributed by atoms with Gasteiger partial charge in [0.1, 0.15) is 5.82 Å². The Labute approximate surface area is 135 Å². The summed E-state index contributed by atoms with van der Waals surface area (Å²) in [5.74, 6) is -1.17. The van der Waals surface area contributed by atoms with Gasteiger partial charge in [0.25, 0.3) is 5.69 Å². The molecule has 0 saturated heterocycles. The minimum Gasteiger partial charge on any atom is -0.379 e. The van der Waals surface area contributed by atoms with Crippen LogP contribution in [0.3, 0.4) is 0 Å². The van der Waals surface area contributed by atoms with E-state index in [0.29, 0.717) is 11.3 Å². The molecule has 0 radical (unpaired) electrons. The van der Waals surface area contributed by atoms with Crippen LogP contribution in [0.25, 0.3) is 5.69 Å². The molecule has 0 amide bonds. The summed E-state index contributed by atoms with van der Waals surface area (Å²) in [6, 6.07) is 7.96. The maximum atomic E-state index is 14.1. The van der Waals surface area contributed by atoms with Crippen LogP contribution in [0.5, 0.6) is 0 Å². The lowest BCUT2D eigenvalue weighted by atomic mass is 10.2. The van der Waals surface area contributed by atoms with E-state index in [1.54, 1.807) is 29.1 Å². The lowest BCUT2D eigenvalue weighted by Crippen LogP contribution is -2.03. The van der Waals surface area contributed by atoms with Crippen LogP contribution in [0.1, 0.15) is 5.56 Å². The van der Waals surface area contributed by atoms with Crippen molar-refractivity contribution >= 4 is 11.4 Å². The second kappa shape index (κ2) is 6.45. The summed E-state index contributed by atoms with van der Waals surface area (Å²) in [4.78, 5) is 13.8. The van der Waals surface area contributed by atoms with E-state index in [9.17, 15) is 18.9 Å². The molecule has 0 fully saturated rings. The van der Waals surface area contributed by atoms with E-state index in [2.05, 4.69) is 10.3 Å². The molecule has 1 aromatic heterocycles. The largest absolute Gasteiger partial charge is 0.379 e. The molecule has 0 atom stereocenters. The van der Waals surface area contributed by atoms with E-state index in [1.165, 1.54) is 24.5 Å². The molecule has 24 heavy (non-hydrogen) atoms. The third-order valence-electron chi connectivity index (χ3n) is 3.44. The fraction of sp³-hybridized carbons (Fsp3) is 0.0625. The van der Waals surface area contributed by atoms with E-state index in [4.69, 9.17) is 0 Å². The molecule has 0 aliphatic carbocycles. The topological polar surface area (TPSA) is 73.0 Å². The first kappa shape index (κ1) is 15.6. The number of anilines is 1. The lowest BCUT2D eigenvalue weighted by Gasteiger charge is -2.10. The van der Waals surface area contributed by atoms with Crippen molar-refractivity contribution in [3.63, 3.8) is 0 Å². The fourth-order valence-corrected chi connectivity index (χ4v) is 2.23. The maximum absolute atomic E-state index is 14.1. The van der Waals surface area contributed by atoms with Crippen LogP contribution in [0.2, 0.25) is 0 Å². The van der Waals surface area contributed by atoms with Gasteiger partial charge in [-0.1, -0.05) is 6.07 Å². The molecule has 2 aromatic carbocycles. The molecular formula is C16H12F2N4O2. The van der Waals surface area contributed by atoms with Crippen LogP contribution < -0.4 is 5.32 Å². The Morgan fingerprint density at radius 1 is 1.17 bits per heavy atom. The second-order valence-corrected chi connectivity index (χ2v) is 5.03. The number of aromatic nitrogens is 2. The number of nitro groups is 1. The summed E-state index contributed by atoms with van der Waals surface area (Å²) in [6.07, 6.45) is 4.66. The second-order valence-electron chi connectivity index (χ2n) is 5.03. The molecule has 0 aliphatic heterocycles. The maximum Gasteiger partial charge on any atom is 0.272 e. The summed E-state index contributed by atoms with van der Waals surface area (Å²) in [5, 5.41) is 13.4. The zero-order valence-corrected chi connectivity index (χ0v) is 12.3. The molecule has 0 unspecified atom stereocenters. The van der Waals surface area contributed by atoms with Crippen molar-refractivity contribution in [1.29, 1.82) is 0 Å². The quantitative estimate of drug-likeness (QED) is 0.572. The molecule has 0 saturated carbocycles. The van der Waals surface area contributed by atoms with Gasteiger partial charge in [-0.3, -0.25) is 10.1 Å². The number of rotatable bonds is 5. The molecular weight excluding hydrogens is 318 g/mol. The Morgan fingerprint density at radius 2 is 2.00 bits per heavy atom. The number of hydrogen-bond donors (Lipinski definition) is 1. The van der Waals surface area contributed by atoms with Gasteiger partial charge >= 0.3 is 0 Å². The lowest BCUT2D eigenvalue weighted by molar-refractivity contribution is -0.385. The zero-order chi connectivity index (χ0) is 17.1. The van der Waals surface area contributed by atoms with Crippen LogP contribution in [0.15, 0.2) is 55.1 Å². The standard InChI is InChI=1S/C16H12F2N4O2/c17-13-8-12(22(23)24)2-3-15(13)20-9-11-1-4-16(14(18)7-11)21-6-5-19-10-21/h1-8,10,20H,9H2. The number of nitrogens with zero attached hydrogens (tertiary/aromatic N) is 3. The van der Waals surface area contributed by atoms with Crippen LogP contribution >= 0.6 is 0 Å². The van der Waals surface area contributed by atoms with Gasteiger partial charge in [-0.05, 0) is 23.8 Å². The predicted molar refractivity (Wildman–Crippen MR) is 83.9 cm³/mol. The van der Waals surface area contributed by atoms with Gasteiger partial charge in [-0.15, -0.1) is 0 Å². The predicted octanol–water partition coefficient (Wildman–Crippen LogP) is 3.67. The van der Waals surface area contributed by atoms with Crippen molar-refractivity contribution in [3.05, 3.63) is 82.4 Å². The van der Waals surface area contributed by atoms with Crippen molar-refractivity contribution in [3.8, 4) is 5.69 Å². The number of halogens is 2. The van der Waals surface area contributed by atoms with Crippen LogP contribution in [-0.4, -0.2) is 14.5 Å². The van der Waals surface area contributed by atoms with Gasteiger partial charge in [0.05, 0.1) is 28.7 Å². The molecule has 6 nitrogen and oxygen atoms in total. The Morgan fingerprint density at radius 3 is 2.62 bits per heavy atom. The van der Waals surface area contributed by atoms with E-state index < -0.39 is 16.6 Å². The average molecular weight is 330 g/mol. The molecule has 122 valence electrons. The SMILES string of the molecule is O=[N+]([O-])c1ccc(NCc2ccc(-n3ccnc3)c(F)c2)c(F)c1. The van der Waals surface area contributed by atoms with Crippen molar-refractivity contribution in [2.24, 2.45) is 0 Å². The van der Waals surface area contributed by atoms with Crippen molar-refractivity contribution in [2.45, 2.75) is 6.54 Å². The van der Waals surface area contributed by atoms with E-state index >= 15 is 0 Å². The van der Waals surface area contributed by atoms with Crippen molar-refractivity contribution in [1.82, 2.24) is 9.55 Å². The smallest absolute Gasteiger partial charge is 0.272 e. The van der Waals surface area contributed by atoms with E-state index in [0.717, 1.165) is 6.07 Å². The van der Waals surface area contributed by atoms with Gasteiger partial charge in [0.15, 0.2) is 5.82 Å². The van der Waals surface area contributed by atoms with Gasteiger partial charge < -0.3 is 9.88 Å². The summed E-state index contributed by atoms with van der Waals surface area (Å²) in [6.45, 7) is 0.176. The molecule has 3 aromatic rings. The molecule has 0 aliphatic rings. The normalized spacial score (nSPS) is 10.6. The highest BCUT2D eigenvalue weighted by molar-refractivity contribution is 5.50. The molecule has 0 spiro atoms. The monoisotopic (exact) mass is 330 g/mol. The molecule has 0 bridgehead atoms. The molecule has 8 heteroatoms. The highest BCUT2D eigenvalue weighted by Crippen LogP contribution is 2.22. The number of nitro benzene ring substituents is 1. The third kappa shape index (κ3) is 3.22. The summed E-state index contributed by atoms with van der Waals surface area (Å²) < 4.78 is 29.5. The highest BCUT2D eigenvalue weighted by Gasteiger charge is 2.11. The first-order chi connectivity index (χ1) is 11.5. The fourth-order valence-electron chi connectivity index (χ4n) is 2.23.